The van der Waals surface area contributed by atoms with Gasteiger partial charge < -0.3 is 16.8 Å². The normalized spacial score (nSPS) is 10.5. The Morgan fingerprint density at radius 2 is 2.11 bits per heavy atom. The van der Waals surface area contributed by atoms with E-state index in [1.165, 1.54) is 11.3 Å². The first-order valence-corrected chi connectivity index (χ1v) is 6.64. The number of fused-ring (bicyclic) bond motifs is 1. The van der Waals surface area contributed by atoms with Gasteiger partial charge in [-0.05, 0) is 12.1 Å². The lowest BCUT2D eigenvalue weighted by Gasteiger charge is -2.00. The van der Waals surface area contributed by atoms with Crippen molar-refractivity contribution in [2.75, 3.05) is 12.3 Å². The van der Waals surface area contributed by atoms with E-state index in [9.17, 15) is 9.59 Å². The van der Waals surface area contributed by atoms with Gasteiger partial charge in [-0.15, -0.1) is 11.3 Å². The van der Waals surface area contributed by atoms with Crippen LogP contribution in [0.1, 0.15) is 9.67 Å². The number of nitrogens with one attached hydrogen (secondary N) is 1. The van der Waals surface area contributed by atoms with Gasteiger partial charge in [0.05, 0.1) is 12.2 Å². The molecular formula is C11H10BrN3O2S. The molecule has 1 heterocycles. The van der Waals surface area contributed by atoms with Gasteiger partial charge in [0.15, 0.2) is 0 Å². The monoisotopic (exact) mass is 327 g/mol. The number of nitrogens with two attached hydrogens (primary N) is 2. The van der Waals surface area contributed by atoms with Gasteiger partial charge in [0.25, 0.3) is 5.91 Å². The lowest BCUT2D eigenvalue weighted by molar-refractivity contribution is -0.117. The maximum Gasteiger partial charge on any atom is 0.263 e. The zero-order chi connectivity index (χ0) is 13.3. The van der Waals surface area contributed by atoms with Crippen molar-refractivity contribution in [1.82, 2.24) is 5.32 Å². The molecule has 0 unspecified atom stereocenters. The molecule has 0 fully saturated rings. The van der Waals surface area contributed by atoms with Gasteiger partial charge in [0, 0.05) is 14.6 Å². The first-order valence-electron chi connectivity index (χ1n) is 5.03. The lowest BCUT2D eigenvalue weighted by atomic mass is 10.2. The number of hydrogen-bond acceptors (Lipinski definition) is 4. The van der Waals surface area contributed by atoms with E-state index in [0.717, 1.165) is 14.6 Å². The van der Waals surface area contributed by atoms with Crippen LogP contribution in [0.2, 0.25) is 0 Å². The minimum absolute atomic E-state index is 0.198. The summed E-state index contributed by atoms with van der Waals surface area (Å²) in [5, 5.41) is 3.25. The quantitative estimate of drug-likeness (QED) is 0.795. The molecule has 0 spiro atoms. The minimum Gasteiger partial charge on any atom is -0.397 e. The van der Waals surface area contributed by atoms with E-state index in [4.69, 9.17) is 11.5 Å². The van der Waals surface area contributed by atoms with Crippen LogP contribution in [-0.4, -0.2) is 18.4 Å². The predicted octanol–water partition coefficient (Wildman–Crippen LogP) is 1.46. The number of anilines is 1. The Bertz CT molecular complexity index is 638. The summed E-state index contributed by atoms with van der Waals surface area (Å²) in [6, 6.07) is 5.59. The first kappa shape index (κ1) is 12.8. The Hall–Kier alpha value is -1.60. The number of amides is 2. The minimum atomic E-state index is -0.592. The standard InChI is InChI=1S/C11H10BrN3O2S/c12-5-1-2-6-7(3-5)18-10(9(6)14)11(17)15-4-8(13)16/h1-3H,4,14H2,(H2,13,16)(H,15,17). The summed E-state index contributed by atoms with van der Waals surface area (Å²) in [7, 11) is 0. The molecule has 5 nitrogen and oxygen atoms in total. The molecule has 2 aromatic rings. The second-order valence-electron chi connectivity index (χ2n) is 3.63. The number of nitrogen functional groups attached to an aromatic ring is 1. The van der Waals surface area contributed by atoms with Crippen LogP contribution < -0.4 is 16.8 Å². The smallest absolute Gasteiger partial charge is 0.263 e. The van der Waals surface area contributed by atoms with Crippen LogP contribution in [0.3, 0.4) is 0 Å². The summed E-state index contributed by atoms with van der Waals surface area (Å²) in [6.45, 7) is -0.198. The van der Waals surface area contributed by atoms with Crippen molar-refractivity contribution in [2.45, 2.75) is 0 Å². The van der Waals surface area contributed by atoms with Gasteiger partial charge in [0.1, 0.15) is 4.88 Å². The Balaban J connectivity index is 2.36. The summed E-state index contributed by atoms with van der Waals surface area (Å²) < 4.78 is 1.83. The fourth-order valence-electron chi connectivity index (χ4n) is 1.51. The third-order valence-corrected chi connectivity index (χ3v) is 3.98. The molecule has 0 saturated carbocycles. The number of benzene rings is 1. The van der Waals surface area contributed by atoms with Crippen molar-refractivity contribution in [1.29, 1.82) is 0 Å². The molecule has 0 aliphatic carbocycles. The topological polar surface area (TPSA) is 98.2 Å². The number of halogens is 1. The van der Waals surface area contributed by atoms with E-state index >= 15 is 0 Å². The van der Waals surface area contributed by atoms with Crippen molar-refractivity contribution in [3.63, 3.8) is 0 Å². The average molecular weight is 328 g/mol. The molecule has 2 amide bonds. The maximum absolute atomic E-state index is 11.8. The highest BCUT2D eigenvalue weighted by Gasteiger charge is 2.16. The molecule has 0 bridgehead atoms. The summed E-state index contributed by atoms with van der Waals surface area (Å²) >= 11 is 4.64. The van der Waals surface area contributed by atoms with E-state index in [1.54, 1.807) is 0 Å². The Labute approximate surface area is 115 Å². The second-order valence-corrected chi connectivity index (χ2v) is 5.60. The zero-order valence-electron chi connectivity index (χ0n) is 9.20. The molecular weight excluding hydrogens is 318 g/mol. The molecule has 94 valence electrons. The van der Waals surface area contributed by atoms with Crippen LogP contribution in [0.5, 0.6) is 0 Å². The van der Waals surface area contributed by atoms with Crippen molar-refractivity contribution in [2.24, 2.45) is 5.73 Å². The van der Waals surface area contributed by atoms with Gasteiger partial charge in [-0.3, -0.25) is 9.59 Å². The predicted molar refractivity (Wildman–Crippen MR) is 75.5 cm³/mol. The van der Waals surface area contributed by atoms with Crippen LogP contribution in [0.15, 0.2) is 22.7 Å². The third kappa shape index (κ3) is 2.46. The van der Waals surface area contributed by atoms with Crippen LogP contribution in [0.4, 0.5) is 5.69 Å². The highest BCUT2D eigenvalue weighted by molar-refractivity contribution is 9.10. The Kier molecular flexibility index (Phi) is 3.53. The van der Waals surface area contributed by atoms with E-state index in [1.807, 2.05) is 18.2 Å². The number of primary amides is 1. The average Bonchev–Trinajstić information content (AvgIpc) is 2.63. The van der Waals surface area contributed by atoms with Gasteiger partial charge >= 0.3 is 0 Å². The molecule has 18 heavy (non-hydrogen) atoms. The largest absolute Gasteiger partial charge is 0.397 e. The number of carbonyl (C=O) groups excluding carboxylic acids is 2. The second kappa shape index (κ2) is 4.95. The van der Waals surface area contributed by atoms with Gasteiger partial charge in [0.2, 0.25) is 5.91 Å². The maximum atomic E-state index is 11.8. The molecule has 1 aromatic heterocycles. The van der Waals surface area contributed by atoms with E-state index in [2.05, 4.69) is 21.2 Å². The van der Waals surface area contributed by atoms with Crippen molar-refractivity contribution in [3.8, 4) is 0 Å². The lowest BCUT2D eigenvalue weighted by Crippen LogP contribution is -2.33. The summed E-state index contributed by atoms with van der Waals surface area (Å²) in [4.78, 5) is 22.8. The zero-order valence-corrected chi connectivity index (χ0v) is 11.6. The molecule has 5 N–H and O–H groups in total. The third-order valence-electron chi connectivity index (χ3n) is 2.32. The molecule has 2 rings (SSSR count). The van der Waals surface area contributed by atoms with Crippen LogP contribution in [-0.2, 0) is 4.79 Å². The molecule has 0 atom stereocenters. The van der Waals surface area contributed by atoms with Gasteiger partial charge in [-0.25, -0.2) is 0 Å². The molecule has 0 aliphatic heterocycles. The van der Waals surface area contributed by atoms with Gasteiger partial charge in [-0.2, -0.15) is 0 Å². The summed E-state index contributed by atoms with van der Waals surface area (Å²) in [5.74, 6) is -0.977. The fraction of sp³-hybridized carbons (Fsp3) is 0.0909. The highest BCUT2D eigenvalue weighted by Crippen LogP contribution is 2.35. The number of rotatable bonds is 3. The van der Waals surface area contributed by atoms with Gasteiger partial charge in [-0.1, -0.05) is 22.0 Å². The summed E-state index contributed by atoms with van der Waals surface area (Å²) in [5.41, 5.74) is 11.3. The van der Waals surface area contributed by atoms with E-state index in [0.29, 0.717) is 10.6 Å². The SMILES string of the molecule is NC(=O)CNC(=O)c1sc2cc(Br)ccc2c1N. The number of hydrogen-bond donors (Lipinski definition) is 3. The Morgan fingerprint density at radius 3 is 2.78 bits per heavy atom. The highest BCUT2D eigenvalue weighted by atomic mass is 79.9. The molecule has 1 aromatic carbocycles. The molecule has 7 heteroatoms. The van der Waals surface area contributed by atoms with E-state index in [-0.39, 0.29) is 12.5 Å². The number of thiophene rings is 1. The van der Waals surface area contributed by atoms with Crippen molar-refractivity contribution in [3.05, 3.63) is 27.5 Å². The number of carbonyl (C=O) groups is 2. The molecule has 0 saturated heterocycles. The Morgan fingerprint density at radius 1 is 1.39 bits per heavy atom. The molecule has 0 aliphatic rings. The van der Waals surface area contributed by atoms with Crippen LogP contribution >= 0.6 is 27.3 Å². The van der Waals surface area contributed by atoms with Crippen molar-refractivity contribution >= 4 is 54.9 Å². The van der Waals surface area contributed by atoms with Crippen molar-refractivity contribution < 1.29 is 9.59 Å². The fourth-order valence-corrected chi connectivity index (χ4v) is 3.10. The van der Waals surface area contributed by atoms with Crippen LogP contribution in [0.25, 0.3) is 10.1 Å². The van der Waals surface area contributed by atoms with Crippen LogP contribution in [0, 0.1) is 0 Å². The first-order chi connectivity index (χ1) is 8.49. The van der Waals surface area contributed by atoms with E-state index < -0.39 is 5.91 Å². The summed E-state index contributed by atoms with van der Waals surface area (Å²) in [6.07, 6.45) is 0. The molecule has 0 radical (unpaired) electrons.